The quantitative estimate of drug-likeness (QED) is 0.931. The van der Waals surface area contributed by atoms with Crippen LogP contribution in [0.2, 0.25) is 0 Å². The highest BCUT2D eigenvalue weighted by Crippen LogP contribution is 2.33. The van der Waals surface area contributed by atoms with E-state index in [0.29, 0.717) is 18.3 Å². The van der Waals surface area contributed by atoms with E-state index < -0.39 is 0 Å². The molecule has 0 aromatic carbocycles. The summed E-state index contributed by atoms with van der Waals surface area (Å²) in [5, 5.41) is 11.4. The Morgan fingerprint density at radius 3 is 2.67 bits per heavy atom. The van der Waals surface area contributed by atoms with Gasteiger partial charge >= 0.3 is 0 Å². The Bertz CT molecular complexity index is 522. The zero-order chi connectivity index (χ0) is 13.3. The third-order valence-electron chi connectivity index (χ3n) is 2.30. The van der Waals surface area contributed by atoms with Crippen molar-refractivity contribution in [3.63, 3.8) is 0 Å². The number of thiophene rings is 1. The standard InChI is InChI=1S/C12H16BrN3OS/c1-7-5-8(18-10(7)13)11-16-15-9(17-11)6-14-12(2,3)4/h5,14H,6H2,1-4H3. The highest BCUT2D eigenvalue weighted by molar-refractivity contribution is 9.11. The molecule has 6 heteroatoms. The molecule has 4 nitrogen and oxygen atoms in total. The number of aryl methyl sites for hydroxylation is 1. The fourth-order valence-electron chi connectivity index (χ4n) is 1.33. The van der Waals surface area contributed by atoms with Crippen LogP contribution in [0.15, 0.2) is 14.3 Å². The largest absolute Gasteiger partial charge is 0.419 e. The van der Waals surface area contributed by atoms with Crippen LogP contribution in [0.1, 0.15) is 32.2 Å². The van der Waals surface area contributed by atoms with Crippen molar-refractivity contribution < 1.29 is 4.42 Å². The topological polar surface area (TPSA) is 51.0 Å². The molecule has 0 spiro atoms. The second-order valence-corrected chi connectivity index (χ2v) is 7.54. The minimum atomic E-state index is 0.0389. The number of halogens is 1. The van der Waals surface area contributed by atoms with Gasteiger partial charge < -0.3 is 9.73 Å². The van der Waals surface area contributed by atoms with Crippen LogP contribution in [0, 0.1) is 6.92 Å². The molecule has 0 atom stereocenters. The van der Waals surface area contributed by atoms with Crippen LogP contribution in [-0.4, -0.2) is 15.7 Å². The first-order chi connectivity index (χ1) is 8.35. The van der Waals surface area contributed by atoms with Gasteiger partial charge in [0.1, 0.15) is 0 Å². The molecule has 0 amide bonds. The van der Waals surface area contributed by atoms with Crippen molar-refractivity contribution >= 4 is 27.3 Å². The maximum Gasteiger partial charge on any atom is 0.257 e. The van der Waals surface area contributed by atoms with E-state index >= 15 is 0 Å². The molecule has 0 unspecified atom stereocenters. The van der Waals surface area contributed by atoms with Crippen molar-refractivity contribution in [2.24, 2.45) is 0 Å². The van der Waals surface area contributed by atoms with Gasteiger partial charge in [0.25, 0.3) is 5.89 Å². The van der Waals surface area contributed by atoms with Crippen LogP contribution in [-0.2, 0) is 6.54 Å². The summed E-state index contributed by atoms with van der Waals surface area (Å²) in [5.74, 6) is 1.20. The molecule has 0 aliphatic carbocycles. The number of rotatable bonds is 3. The first kappa shape index (κ1) is 13.7. The Morgan fingerprint density at radius 1 is 1.39 bits per heavy atom. The fraction of sp³-hybridized carbons (Fsp3) is 0.500. The number of nitrogens with one attached hydrogen (secondary N) is 1. The van der Waals surface area contributed by atoms with Gasteiger partial charge in [-0.25, -0.2) is 0 Å². The first-order valence-electron chi connectivity index (χ1n) is 5.69. The molecule has 0 radical (unpaired) electrons. The van der Waals surface area contributed by atoms with Crippen molar-refractivity contribution in [3.05, 3.63) is 21.3 Å². The molecule has 0 fully saturated rings. The molecule has 2 rings (SSSR count). The molecule has 0 saturated heterocycles. The number of aromatic nitrogens is 2. The second-order valence-electron chi connectivity index (χ2n) is 5.17. The van der Waals surface area contributed by atoms with Crippen LogP contribution in [0.25, 0.3) is 10.8 Å². The molecule has 0 aliphatic rings. The monoisotopic (exact) mass is 329 g/mol. The van der Waals surface area contributed by atoms with Crippen molar-refractivity contribution in [2.45, 2.75) is 39.8 Å². The molecular formula is C12H16BrN3OS. The smallest absolute Gasteiger partial charge is 0.257 e. The summed E-state index contributed by atoms with van der Waals surface area (Å²) >= 11 is 5.10. The molecule has 18 heavy (non-hydrogen) atoms. The number of nitrogens with zero attached hydrogens (tertiary/aromatic N) is 2. The van der Waals surface area contributed by atoms with E-state index in [0.717, 1.165) is 8.66 Å². The van der Waals surface area contributed by atoms with Crippen LogP contribution < -0.4 is 5.32 Å². The third-order valence-corrected chi connectivity index (χ3v) is 4.43. The van der Waals surface area contributed by atoms with E-state index in [9.17, 15) is 0 Å². The molecule has 1 N–H and O–H groups in total. The lowest BCUT2D eigenvalue weighted by molar-refractivity contribution is 0.384. The summed E-state index contributed by atoms with van der Waals surface area (Å²) in [7, 11) is 0. The summed E-state index contributed by atoms with van der Waals surface area (Å²) in [6.45, 7) is 8.93. The Labute approximate surface area is 119 Å². The zero-order valence-electron chi connectivity index (χ0n) is 10.9. The van der Waals surface area contributed by atoms with E-state index in [1.165, 1.54) is 5.56 Å². The number of hydrogen-bond acceptors (Lipinski definition) is 5. The van der Waals surface area contributed by atoms with Gasteiger partial charge in [-0.15, -0.1) is 21.5 Å². The Hall–Kier alpha value is -0.720. The van der Waals surface area contributed by atoms with Crippen LogP contribution >= 0.6 is 27.3 Å². The predicted octanol–water partition coefficient (Wildman–Crippen LogP) is 3.76. The minimum Gasteiger partial charge on any atom is -0.419 e. The zero-order valence-corrected chi connectivity index (χ0v) is 13.3. The van der Waals surface area contributed by atoms with E-state index in [1.54, 1.807) is 11.3 Å². The van der Waals surface area contributed by atoms with Gasteiger partial charge in [-0.1, -0.05) is 0 Å². The average molecular weight is 330 g/mol. The summed E-state index contributed by atoms with van der Waals surface area (Å²) < 4.78 is 6.74. The molecule has 0 saturated carbocycles. The van der Waals surface area contributed by atoms with Gasteiger partial charge in [-0.2, -0.15) is 0 Å². The summed E-state index contributed by atoms with van der Waals surface area (Å²) in [5.41, 5.74) is 1.22. The van der Waals surface area contributed by atoms with Gasteiger partial charge in [-0.05, 0) is 55.3 Å². The van der Waals surface area contributed by atoms with Gasteiger partial charge in [0, 0.05) is 5.54 Å². The maximum absolute atomic E-state index is 5.64. The average Bonchev–Trinajstić information content (AvgIpc) is 2.83. The molecule has 0 aliphatic heterocycles. The van der Waals surface area contributed by atoms with Crippen molar-refractivity contribution in [2.75, 3.05) is 0 Å². The lowest BCUT2D eigenvalue weighted by Gasteiger charge is -2.18. The van der Waals surface area contributed by atoms with Crippen molar-refractivity contribution in [1.82, 2.24) is 15.5 Å². The van der Waals surface area contributed by atoms with Gasteiger partial charge in [0.2, 0.25) is 5.89 Å². The Balaban J connectivity index is 2.11. The third kappa shape index (κ3) is 3.40. The molecule has 0 bridgehead atoms. The van der Waals surface area contributed by atoms with E-state index in [4.69, 9.17) is 4.42 Å². The number of hydrogen-bond donors (Lipinski definition) is 1. The fourth-order valence-corrected chi connectivity index (χ4v) is 2.79. The van der Waals surface area contributed by atoms with Gasteiger partial charge in [-0.3, -0.25) is 0 Å². The summed E-state index contributed by atoms with van der Waals surface area (Å²) in [4.78, 5) is 0.994. The maximum atomic E-state index is 5.64. The SMILES string of the molecule is Cc1cc(-c2nnc(CNC(C)(C)C)o2)sc1Br. The van der Waals surface area contributed by atoms with Crippen LogP contribution in [0.4, 0.5) is 0 Å². The van der Waals surface area contributed by atoms with Gasteiger partial charge in [0.15, 0.2) is 0 Å². The van der Waals surface area contributed by atoms with E-state index in [-0.39, 0.29) is 5.54 Å². The summed E-state index contributed by atoms with van der Waals surface area (Å²) in [6.07, 6.45) is 0. The highest BCUT2D eigenvalue weighted by atomic mass is 79.9. The molecule has 2 heterocycles. The van der Waals surface area contributed by atoms with E-state index in [2.05, 4.69) is 52.2 Å². The Morgan fingerprint density at radius 2 is 2.11 bits per heavy atom. The Kier molecular flexibility index (Phi) is 3.89. The molecule has 2 aromatic heterocycles. The lowest BCUT2D eigenvalue weighted by atomic mass is 10.1. The highest BCUT2D eigenvalue weighted by Gasteiger charge is 2.14. The van der Waals surface area contributed by atoms with Crippen LogP contribution in [0.3, 0.4) is 0 Å². The normalized spacial score (nSPS) is 12.1. The summed E-state index contributed by atoms with van der Waals surface area (Å²) in [6, 6.07) is 2.04. The molecule has 98 valence electrons. The van der Waals surface area contributed by atoms with Gasteiger partial charge in [0.05, 0.1) is 15.2 Å². The predicted molar refractivity (Wildman–Crippen MR) is 76.6 cm³/mol. The molecule has 2 aromatic rings. The lowest BCUT2D eigenvalue weighted by Crippen LogP contribution is -2.35. The van der Waals surface area contributed by atoms with E-state index in [1.807, 2.05) is 13.0 Å². The van der Waals surface area contributed by atoms with Crippen molar-refractivity contribution in [3.8, 4) is 10.8 Å². The second kappa shape index (κ2) is 5.11. The van der Waals surface area contributed by atoms with Crippen molar-refractivity contribution in [1.29, 1.82) is 0 Å². The van der Waals surface area contributed by atoms with Crippen LogP contribution in [0.5, 0.6) is 0 Å². The first-order valence-corrected chi connectivity index (χ1v) is 7.30. The minimum absolute atomic E-state index is 0.0389. The molecular weight excluding hydrogens is 314 g/mol.